The predicted molar refractivity (Wildman–Crippen MR) is 241 cm³/mol. The van der Waals surface area contributed by atoms with Crippen LogP contribution in [0.15, 0.2) is 53.5 Å². The molecule has 60 heavy (non-hydrogen) atoms. The highest BCUT2D eigenvalue weighted by molar-refractivity contribution is 7.16. The maximum Gasteiger partial charge on any atom is 0.410 e. The van der Waals surface area contributed by atoms with Gasteiger partial charge in [-0.2, -0.15) is 4.99 Å². The molecule has 2 aromatic carbocycles. The van der Waals surface area contributed by atoms with Crippen molar-refractivity contribution in [2.75, 3.05) is 45.4 Å². The van der Waals surface area contributed by atoms with E-state index in [9.17, 15) is 9.59 Å². The summed E-state index contributed by atoms with van der Waals surface area (Å²) in [4.78, 5) is 40.1. The Kier molecular flexibility index (Phi) is 14.5. The molecule has 0 bridgehead atoms. The number of rotatable bonds is 14. The second-order valence-corrected chi connectivity index (χ2v) is 24.5. The summed E-state index contributed by atoms with van der Waals surface area (Å²) in [6, 6.07) is 16.9. The molecule has 4 heterocycles. The number of para-hydroxylation sites is 1. The van der Waals surface area contributed by atoms with Crippen LogP contribution in [0.1, 0.15) is 65.7 Å². The lowest BCUT2D eigenvalue weighted by molar-refractivity contribution is 0.0320. The van der Waals surface area contributed by atoms with Gasteiger partial charge in [-0.1, -0.05) is 55.0 Å². The molecule has 0 spiro atoms. The molecular weight excluding hydrogens is 815 g/mol. The summed E-state index contributed by atoms with van der Waals surface area (Å²) in [6.07, 6.45) is 2.54. The normalized spacial score (nSPS) is 13.2. The van der Waals surface area contributed by atoms with E-state index >= 15 is 0 Å². The first-order valence-electron chi connectivity index (χ1n) is 20.2. The molecule has 0 saturated carbocycles. The number of benzene rings is 2. The molecule has 0 saturated heterocycles. The lowest BCUT2D eigenvalue weighted by Crippen LogP contribution is -2.34. The van der Waals surface area contributed by atoms with Gasteiger partial charge in [0.15, 0.2) is 27.3 Å². The highest BCUT2D eigenvalue weighted by Crippen LogP contribution is 2.39. The monoisotopic (exact) mass is 869 g/mol. The number of hydrogen-bond donors (Lipinski definition) is 0. The number of nitrogens with zero attached hydrogens (tertiary/aromatic N) is 7. The van der Waals surface area contributed by atoms with Gasteiger partial charge in [-0.3, -0.25) is 4.57 Å². The SMILES string of the molecule is COC(=O)c1nc(N2CCCc3c2nnc(/N=c2\sc4ccccc4n2COCC[Si](C)(C)C)c3C)sc1CCCOc1ccc(C#CCN(C)C(=O)OC(C)(C)C)cc1. The molecule has 0 fully saturated rings. The topological polar surface area (TPSA) is 134 Å². The predicted octanol–water partition coefficient (Wildman–Crippen LogP) is 8.90. The minimum Gasteiger partial charge on any atom is -0.494 e. The molecule has 5 aromatic rings. The fourth-order valence-corrected chi connectivity index (χ4v) is 9.21. The van der Waals surface area contributed by atoms with Crippen molar-refractivity contribution in [3.8, 4) is 17.6 Å². The summed E-state index contributed by atoms with van der Waals surface area (Å²) >= 11 is 3.08. The Morgan fingerprint density at radius 3 is 2.53 bits per heavy atom. The van der Waals surface area contributed by atoms with Gasteiger partial charge in [0, 0.05) is 49.8 Å². The minimum absolute atomic E-state index is 0.248. The summed E-state index contributed by atoms with van der Waals surface area (Å²) in [5.74, 6) is 7.64. The van der Waals surface area contributed by atoms with Crippen molar-refractivity contribution in [3.63, 3.8) is 0 Å². The van der Waals surface area contributed by atoms with E-state index < -0.39 is 25.7 Å². The molecule has 1 amide bonds. The molecule has 0 unspecified atom stereocenters. The maximum absolute atomic E-state index is 12.9. The Bertz CT molecular complexity index is 2440. The second kappa shape index (κ2) is 19.5. The van der Waals surface area contributed by atoms with Gasteiger partial charge in [-0.05, 0) is 95.8 Å². The van der Waals surface area contributed by atoms with Crippen LogP contribution in [0.4, 0.5) is 21.6 Å². The summed E-state index contributed by atoms with van der Waals surface area (Å²) < 4.78 is 26.0. The van der Waals surface area contributed by atoms with Gasteiger partial charge >= 0.3 is 12.1 Å². The fraction of sp³-hybridized carbons (Fsp3) is 0.455. The molecular formula is C44H55N7O6S2Si. The van der Waals surface area contributed by atoms with Gasteiger partial charge in [0.25, 0.3) is 0 Å². The van der Waals surface area contributed by atoms with E-state index in [4.69, 9.17) is 34.0 Å². The minimum atomic E-state index is -1.22. The van der Waals surface area contributed by atoms with Crippen LogP contribution in [0.3, 0.4) is 0 Å². The van der Waals surface area contributed by atoms with E-state index in [1.165, 1.54) is 23.3 Å². The Morgan fingerprint density at radius 1 is 1.03 bits per heavy atom. The highest BCUT2D eigenvalue weighted by atomic mass is 32.1. The van der Waals surface area contributed by atoms with Crippen LogP contribution in [0, 0.1) is 18.8 Å². The van der Waals surface area contributed by atoms with Crippen LogP contribution in [0.2, 0.25) is 25.7 Å². The molecule has 6 rings (SSSR count). The molecule has 1 aliphatic rings. The van der Waals surface area contributed by atoms with Crippen molar-refractivity contribution in [2.24, 2.45) is 4.99 Å². The Hall–Kier alpha value is -5.08. The van der Waals surface area contributed by atoms with Crippen LogP contribution in [-0.2, 0) is 33.8 Å². The van der Waals surface area contributed by atoms with Crippen molar-refractivity contribution >= 4 is 69.8 Å². The number of methoxy groups -OCH3 is 1. The molecule has 0 radical (unpaired) electrons. The van der Waals surface area contributed by atoms with Crippen LogP contribution >= 0.6 is 22.7 Å². The number of aryl methyl sites for hydroxylation is 1. The van der Waals surface area contributed by atoms with E-state index in [1.54, 1.807) is 18.4 Å². The van der Waals surface area contributed by atoms with Gasteiger partial charge in [-0.25, -0.2) is 14.6 Å². The summed E-state index contributed by atoms with van der Waals surface area (Å²) in [5.41, 5.74) is 3.68. The zero-order chi connectivity index (χ0) is 43.0. The van der Waals surface area contributed by atoms with E-state index in [0.29, 0.717) is 55.1 Å². The number of anilines is 2. The first-order valence-corrected chi connectivity index (χ1v) is 25.5. The number of amides is 1. The molecule has 0 aliphatic carbocycles. The number of hydrogen-bond acceptors (Lipinski definition) is 13. The third-order valence-electron chi connectivity index (χ3n) is 9.59. The smallest absolute Gasteiger partial charge is 0.410 e. The van der Waals surface area contributed by atoms with E-state index in [0.717, 1.165) is 67.9 Å². The summed E-state index contributed by atoms with van der Waals surface area (Å²) in [7, 11) is 1.81. The van der Waals surface area contributed by atoms with Gasteiger partial charge < -0.3 is 28.7 Å². The van der Waals surface area contributed by atoms with Crippen LogP contribution < -0.4 is 14.4 Å². The van der Waals surface area contributed by atoms with Crippen LogP contribution in [0.5, 0.6) is 5.75 Å². The number of fused-ring (bicyclic) bond motifs is 2. The summed E-state index contributed by atoms with van der Waals surface area (Å²) in [5, 5.41) is 10.1. The Labute approximate surface area is 361 Å². The van der Waals surface area contributed by atoms with E-state index in [2.05, 4.69) is 65.1 Å². The standard InChI is InChI=1S/C44H55N7O6S2Si/c1-30-33-16-13-25-50(39(33)48-47-38(30)46-42-51(29-55-27-28-60(7,8)9)34-17-10-11-18-35(34)58-42)41-45-37(40(52)54-6)36(59-41)19-14-26-56-32-22-20-31(21-23-32)15-12-24-49(5)43(53)57-44(2,3)4/h10-11,17-18,20-23H,13-14,16,19,24-29H2,1-9H3/b46-42-. The zero-order valence-electron chi connectivity index (χ0n) is 36.1. The third-order valence-corrected chi connectivity index (χ3v) is 13.5. The van der Waals surface area contributed by atoms with Gasteiger partial charge in [-0.15, -0.1) is 21.5 Å². The van der Waals surface area contributed by atoms with Crippen LogP contribution in [0.25, 0.3) is 10.2 Å². The first kappa shape index (κ1) is 44.5. The van der Waals surface area contributed by atoms with Crippen LogP contribution in [-0.4, -0.2) is 90.8 Å². The van der Waals surface area contributed by atoms with Crippen molar-refractivity contribution in [2.45, 2.75) is 91.4 Å². The van der Waals surface area contributed by atoms with Crippen molar-refractivity contribution < 1.29 is 28.5 Å². The number of aromatic nitrogens is 4. The van der Waals surface area contributed by atoms with E-state index in [1.807, 2.05) is 57.2 Å². The summed E-state index contributed by atoms with van der Waals surface area (Å²) in [6.45, 7) is 17.1. The largest absolute Gasteiger partial charge is 0.494 e. The average Bonchev–Trinajstić information content (AvgIpc) is 3.79. The zero-order valence-corrected chi connectivity index (χ0v) is 38.7. The van der Waals surface area contributed by atoms with Crippen molar-refractivity contribution in [3.05, 3.63) is 80.6 Å². The van der Waals surface area contributed by atoms with Gasteiger partial charge in [0.1, 0.15) is 18.1 Å². The second-order valence-electron chi connectivity index (χ2n) is 16.8. The molecule has 1 aliphatic heterocycles. The molecule has 0 atom stereocenters. The molecule has 3 aromatic heterocycles. The number of thiazole rings is 2. The molecule has 16 heteroatoms. The number of carbonyl (C=O) groups is 2. The average molecular weight is 870 g/mol. The van der Waals surface area contributed by atoms with Crippen molar-refractivity contribution in [1.29, 1.82) is 0 Å². The molecule has 13 nitrogen and oxygen atoms in total. The Balaban J connectivity index is 1.12. The highest BCUT2D eigenvalue weighted by Gasteiger charge is 2.29. The van der Waals surface area contributed by atoms with Gasteiger partial charge in [0.05, 0.1) is 30.5 Å². The molecule has 318 valence electrons. The Morgan fingerprint density at radius 2 is 1.80 bits per heavy atom. The number of ether oxygens (including phenoxy) is 4. The third kappa shape index (κ3) is 11.6. The molecule has 0 N–H and O–H groups in total. The lowest BCUT2D eigenvalue weighted by Gasteiger charge is -2.28. The fourth-order valence-electron chi connectivity index (χ4n) is 6.32. The first-order chi connectivity index (χ1) is 28.6. The lowest BCUT2D eigenvalue weighted by atomic mass is 10.0. The van der Waals surface area contributed by atoms with E-state index in [-0.39, 0.29) is 6.54 Å². The quantitative estimate of drug-likeness (QED) is 0.0461. The van der Waals surface area contributed by atoms with Crippen molar-refractivity contribution in [1.82, 2.24) is 24.6 Å². The number of carbonyl (C=O) groups excluding carboxylic acids is 2. The number of esters is 1. The van der Waals surface area contributed by atoms with Gasteiger partial charge in [0.2, 0.25) is 0 Å². The maximum atomic E-state index is 12.9.